The highest BCUT2D eigenvalue weighted by atomic mass is 35.5. The number of methoxy groups -OCH3 is 1. The van der Waals surface area contributed by atoms with Crippen molar-refractivity contribution in [1.29, 1.82) is 0 Å². The second-order valence-electron chi connectivity index (χ2n) is 5.98. The van der Waals surface area contributed by atoms with Crippen molar-refractivity contribution >= 4 is 17.5 Å². The molecular formula is C16H19ClFNO3. The zero-order valence-electron chi connectivity index (χ0n) is 12.5. The molecule has 2 aliphatic heterocycles. The van der Waals surface area contributed by atoms with E-state index in [2.05, 4.69) is 0 Å². The van der Waals surface area contributed by atoms with E-state index in [4.69, 9.17) is 21.1 Å². The molecule has 2 aliphatic rings. The third-order valence-corrected chi connectivity index (χ3v) is 4.93. The number of carbonyl (C=O) groups is 1. The predicted octanol–water partition coefficient (Wildman–Crippen LogP) is 2.89. The van der Waals surface area contributed by atoms with Crippen molar-refractivity contribution < 1.29 is 18.7 Å². The zero-order chi connectivity index (χ0) is 15.7. The predicted molar refractivity (Wildman–Crippen MR) is 80.6 cm³/mol. The molecule has 2 heterocycles. The van der Waals surface area contributed by atoms with Crippen molar-refractivity contribution in [2.45, 2.75) is 31.0 Å². The molecule has 4 nitrogen and oxygen atoms in total. The van der Waals surface area contributed by atoms with Crippen molar-refractivity contribution in [1.82, 2.24) is 4.90 Å². The average molecular weight is 328 g/mol. The third kappa shape index (κ3) is 2.98. The minimum atomic E-state index is -0.513. The highest BCUT2D eigenvalue weighted by Crippen LogP contribution is 2.37. The number of piperidine rings is 1. The fourth-order valence-corrected chi connectivity index (χ4v) is 3.41. The number of likely N-dealkylation sites (tertiary alicyclic amines) is 1. The summed E-state index contributed by atoms with van der Waals surface area (Å²) in [6.45, 7) is 1.88. The summed E-state index contributed by atoms with van der Waals surface area (Å²) in [4.78, 5) is 14.2. The molecule has 0 aliphatic carbocycles. The van der Waals surface area contributed by atoms with Gasteiger partial charge in [-0.25, -0.2) is 4.39 Å². The van der Waals surface area contributed by atoms with E-state index in [0.717, 1.165) is 19.3 Å². The van der Waals surface area contributed by atoms with Crippen LogP contribution in [-0.4, -0.2) is 49.3 Å². The van der Waals surface area contributed by atoms with E-state index < -0.39 is 5.82 Å². The summed E-state index contributed by atoms with van der Waals surface area (Å²) in [5.74, 6) is -0.626. The topological polar surface area (TPSA) is 38.8 Å². The third-order valence-electron chi connectivity index (χ3n) is 4.64. The molecule has 1 aromatic rings. The molecular weight excluding hydrogens is 309 g/mol. The molecule has 0 aromatic heterocycles. The lowest BCUT2D eigenvalue weighted by molar-refractivity contribution is -0.0402. The van der Waals surface area contributed by atoms with Gasteiger partial charge in [0.2, 0.25) is 0 Å². The summed E-state index contributed by atoms with van der Waals surface area (Å²) in [5.41, 5.74) is 0.266. The lowest BCUT2D eigenvalue weighted by Crippen LogP contribution is -2.46. The maximum Gasteiger partial charge on any atom is 0.253 e. The minimum Gasteiger partial charge on any atom is -0.379 e. The number of rotatable bonds is 2. The summed E-state index contributed by atoms with van der Waals surface area (Å²) in [6.07, 6.45) is 2.63. The SMILES string of the molecule is CO[C@H]1COC2(CCN(C(=O)c3ccc(F)c(Cl)c3)CC2)C1. The molecule has 0 radical (unpaired) electrons. The van der Waals surface area contributed by atoms with E-state index >= 15 is 0 Å². The van der Waals surface area contributed by atoms with Crippen LogP contribution in [0.3, 0.4) is 0 Å². The number of benzene rings is 1. The van der Waals surface area contributed by atoms with E-state index in [1.807, 2.05) is 0 Å². The van der Waals surface area contributed by atoms with Gasteiger partial charge in [-0.05, 0) is 31.0 Å². The molecule has 120 valence electrons. The van der Waals surface area contributed by atoms with Crippen LogP contribution in [0.1, 0.15) is 29.6 Å². The van der Waals surface area contributed by atoms with Crippen LogP contribution in [0, 0.1) is 5.82 Å². The molecule has 3 rings (SSSR count). The summed E-state index contributed by atoms with van der Waals surface area (Å²) in [7, 11) is 1.70. The van der Waals surface area contributed by atoms with Gasteiger partial charge < -0.3 is 14.4 Å². The highest BCUT2D eigenvalue weighted by Gasteiger charge is 2.43. The van der Waals surface area contributed by atoms with Crippen LogP contribution in [0.4, 0.5) is 4.39 Å². The van der Waals surface area contributed by atoms with Gasteiger partial charge >= 0.3 is 0 Å². The quantitative estimate of drug-likeness (QED) is 0.838. The first kappa shape index (κ1) is 15.7. The van der Waals surface area contributed by atoms with Crippen molar-refractivity contribution in [2.75, 3.05) is 26.8 Å². The van der Waals surface area contributed by atoms with Gasteiger partial charge in [-0.15, -0.1) is 0 Å². The van der Waals surface area contributed by atoms with Crippen LogP contribution in [0.25, 0.3) is 0 Å². The van der Waals surface area contributed by atoms with Gasteiger partial charge in [0.25, 0.3) is 5.91 Å². The average Bonchev–Trinajstić information content (AvgIpc) is 2.93. The van der Waals surface area contributed by atoms with Gasteiger partial charge in [-0.2, -0.15) is 0 Å². The molecule has 0 N–H and O–H groups in total. The van der Waals surface area contributed by atoms with Crippen molar-refractivity contribution in [3.8, 4) is 0 Å². The van der Waals surface area contributed by atoms with Crippen LogP contribution in [0.5, 0.6) is 0 Å². The number of hydrogen-bond acceptors (Lipinski definition) is 3. The largest absolute Gasteiger partial charge is 0.379 e. The molecule has 1 aromatic carbocycles. The molecule has 2 saturated heterocycles. The van der Waals surface area contributed by atoms with Crippen LogP contribution in [-0.2, 0) is 9.47 Å². The van der Waals surface area contributed by atoms with Crippen molar-refractivity contribution in [3.05, 3.63) is 34.6 Å². The molecule has 0 bridgehead atoms. The second kappa shape index (κ2) is 6.14. The van der Waals surface area contributed by atoms with Gasteiger partial charge in [0, 0.05) is 32.2 Å². The number of carbonyl (C=O) groups excluding carboxylic acids is 1. The number of amides is 1. The summed E-state index contributed by atoms with van der Waals surface area (Å²) < 4.78 is 24.5. The molecule has 1 spiro atoms. The second-order valence-corrected chi connectivity index (χ2v) is 6.38. The first-order chi connectivity index (χ1) is 10.5. The van der Waals surface area contributed by atoms with Crippen molar-refractivity contribution in [3.63, 3.8) is 0 Å². The normalized spacial score (nSPS) is 24.0. The molecule has 0 saturated carbocycles. The Balaban J connectivity index is 1.63. The van der Waals surface area contributed by atoms with E-state index in [9.17, 15) is 9.18 Å². The molecule has 2 fully saturated rings. The highest BCUT2D eigenvalue weighted by molar-refractivity contribution is 6.31. The Morgan fingerprint density at radius 3 is 2.77 bits per heavy atom. The fraction of sp³-hybridized carbons (Fsp3) is 0.562. The minimum absolute atomic E-state index is 0.0265. The van der Waals surface area contributed by atoms with Gasteiger partial charge in [0.1, 0.15) is 5.82 Å². The van der Waals surface area contributed by atoms with E-state index in [0.29, 0.717) is 25.3 Å². The number of hydrogen-bond donors (Lipinski definition) is 0. The Bertz CT molecular complexity index is 573. The van der Waals surface area contributed by atoms with E-state index in [-0.39, 0.29) is 22.6 Å². The van der Waals surface area contributed by atoms with Crippen LogP contribution in [0.15, 0.2) is 18.2 Å². The molecule has 1 amide bonds. The van der Waals surface area contributed by atoms with Crippen LogP contribution >= 0.6 is 11.6 Å². The molecule has 1 atom stereocenters. The molecule has 6 heteroatoms. The fourth-order valence-electron chi connectivity index (χ4n) is 3.23. The maximum absolute atomic E-state index is 13.2. The summed E-state index contributed by atoms with van der Waals surface area (Å²) in [5, 5.41) is -0.0265. The Hall–Kier alpha value is -1.17. The molecule has 22 heavy (non-hydrogen) atoms. The monoisotopic (exact) mass is 327 g/mol. The Kier molecular flexibility index (Phi) is 4.39. The molecule has 0 unspecified atom stereocenters. The van der Waals surface area contributed by atoms with Gasteiger partial charge in [-0.3, -0.25) is 4.79 Å². The standard InChI is InChI=1S/C16H19ClFNO3/c1-21-12-9-16(22-10-12)4-6-19(7-5-16)15(20)11-2-3-14(18)13(17)8-11/h2-3,8,12H,4-7,9-10H2,1H3/t12-/m1/s1. The Morgan fingerprint density at radius 2 is 2.18 bits per heavy atom. The van der Waals surface area contributed by atoms with Crippen molar-refractivity contribution in [2.24, 2.45) is 0 Å². The lowest BCUT2D eigenvalue weighted by Gasteiger charge is -2.38. The van der Waals surface area contributed by atoms with Gasteiger partial charge in [0.05, 0.1) is 23.3 Å². The summed E-state index contributed by atoms with van der Waals surface area (Å²) in [6, 6.07) is 4.09. The van der Waals surface area contributed by atoms with Gasteiger partial charge in [0.15, 0.2) is 0 Å². The first-order valence-electron chi connectivity index (χ1n) is 7.44. The van der Waals surface area contributed by atoms with Gasteiger partial charge in [-0.1, -0.05) is 11.6 Å². The Morgan fingerprint density at radius 1 is 1.45 bits per heavy atom. The smallest absolute Gasteiger partial charge is 0.253 e. The van der Waals surface area contributed by atoms with Crippen LogP contribution in [0.2, 0.25) is 5.02 Å². The number of nitrogens with zero attached hydrogens (tertiary/aromatic N) is 1. The summed E-state index contributed by atoms with van der Waals surface area (Å²) >= 11 is 5.75. The van der Waals surface area contributed by atoms with E-state index in [1.54, 1.807) is 12.0 Å². The van der Waals surface area contributed by atoms with Crippen LogP contribution < -0.4 is 0 Å². The first-order valence-corrected chi connectivity index (χ1v) is 7.82. The lowest BCUT2D eigenvalue weighted by atomic mass is 9.87. The van der Waals surface area contributed by atoms with E-state index in [1.165, 1.54) is 18.2 Å². The number of halogens is 2. The Labute approximate surface area is 134 Å². The number of ether oxygens (including phenoxy) is 2. The zero-order valence-corrected chi connectivity index (χ0v) is 13.2. The maximum atomic E-state index is 13.2.